The van der Waals surface area contributed by atoms with Crippen LogP contribution in [0.25, 0.3) is 0 Å². The summed E-state index contributed by atoms with van der Waals surface area (Å²) in [5, 5.41) is 2.99. The first-order valence-corrected chi connectivity index (χ1v) is 5.32. The molecule has 0 spiro atoms. The Balaban J connectivity index is 2.71. The van der Waals surface area contributed by atoms with Gasteiger partial charge in [-0.3, -0.25) is 0 Å². The first-order valence-electron chi connectivity index (χ1n) is 5.32. The number of hydrogen-bond donors (Lipinski definition) is 1. The largest absolute Gasteiger partial charge is 0.416 e. The molecule has 0 aliphatic carbocycles. The highest BCUT2D eigenvalue weighted by Gasteiger charge is 2.32. The van der Waals surface area contributed by atoms with Crippen LogP contribution in [-0.4, -0.2) is 19.8 Å². The number of halogens is 3. The van der Waals surface area contributed by atoms with Gasteiger partial charge in [0.2, 0.25) is 0 Å². The van der Waals surface area contributed by atoms with Gasteiger partial charge in [-0.2, -0.15) is 13.2 Å². The minimum Gasteiger partial charge on any atom is -0.383 e. The molecule has 0 aliphatic heterocycles. The molecular formula is C12H16F3NO. The number of alkyl halides is 3. The molecule has 1 atom stereocenters. The van der Waals surface area contributed by atoms with Crippen molar-refractivity contribution in [2.45, 2.75) is 25.7 Å². The fourth-order valence-corrected chi connectivity index (χ4v) is 1.54. The molecule has 0 heterocycles. The van der Waals surface area contributed by atoms with Crippen molar-refractivity contribution in [1.82, 2.24) is 5.32 Å². The third-order valence-electron chi connectivity index (χ3n) is 2.38. The standard InChI is InChI=1S/C12H16F3NO/c1-9(8-17-2)16-7-10-5-3-4-6-11(10)12(13,14)15/h3-6,9,16H,7-8H2,1-2H3/t9-/m1/s1. The van der Waals surface area contributed by atoms with Crippen LogP contribution in [0.2, 0.25) is 0 Å². The van der Waals surface area contributed by atoms with Crippen molar-refractivity contribution in [3.05, 3.63) is 35.4 Å². The van der Waals surface area contributed by atoms with Gasteiger partial charge in [0.05, 0.1) is 12.2 Å². The summed E-state index contributed by atoms with van der Waals surface area (Å²) in [6.07, 6.45) is -4.30. The summed E-state index contributed by atoms with van der Waals surface area (Å²) in [6.45, 7) is 2.51. The lowest BCUT2D eigenvalue weighted by Gasteiger charge is -2.16. The normalized spacial score (nSPS) is 13.7. The Morgan fingerprint density at radius 2 is 1.94 bits per heavy atom. The summed E-state index contributed by atoms with van der Waals surface area (Å²) < 4.78 is 42.9. The first-order chi connectivity index (χ1) is 7.95. The fraction of sp³-hybridized carbons (Fsp3) is 0.500. The quantitative estimate of drug-likeness (QED) is 0.863. The van der Waals surface area contributed by atoms with E-state index in [0.717, 1.165) is 6.07 Å². The van der Waals surface area contributed by atoms with E-state index in [-0.39, 0.29) is 18.2 Å². The first kappa shape index (κ1) is 14.0. The molecule has 2 nitrogen and oxygen atoms in total. The zero-order valence-electron chi connectivity index (χ0n) is 9.84. The minimum absolute atomic E-state index is 0.0151. The number of nitrogens with one attached hydrogen (secondary N) is 1. The lowest BCUT2D eigenvalue weighted by Crippen LogP contribution is -2.30. The molecule has 1 aromatic carbocycles. The highest BCUT2D eigenvalue weighted by molar-refractivity contribution is 5.29. The zero-order chi connectivity index (χ0) is 12.9. The number of methoxy groups -OCH3 is 1. The maximum absolute atomic E-state index is 12.7. The maximum atomic E-state index is 12.7. The van der Waals surface area contributed by atoms with Crippen LogP contribution in [0.5, 0.6) is 0 Å². The number of benzene rings is 1. The van der Waals surface area contributed by atoms with Crippen LogP contribution in [0.15, 0.2) is 24.3 Å². The van der Waals surface area contributed by atoms with Crippen LogP contribution >= 0.6 is 0 Å². The summed E-state index contributed by atoms with van der Waals surface area (Å²) in [4.78, 5) is 0. The molecule has 0 bridgehead atoms. The van der Waals surface area contributed by atoms with Crippen molar-refractivity contribution in [2.75, 3.05) is 13.7 Å². The van der Waals surface area contributed by atoms with E-state index in [1.54, 1.807) is 13.2 Å². The molecule has 0 unspecified atom stereocenters. The molecule has 0 aliphatic rings. The van der Waals surface area contributed by atoms with Crippen molar-refractivity contribution in [1.29, 1.82) is 0 Å². The van der Waals surface area contributed by atoms with Gasteiger partial charge in [0.25, 0.3) is 0 Å². The van der Waals surface area contributed by atoms with Gasteiger partial charge in [-0.05, 0) is 18.6 Å². The van der Waals surface area contributed by atoms with E-state index in [0.29, 0.717) is 6.61 Å². The molecule has 0 saturated heterocycles. The average molecular weight is 247 g/mol. The Hall–Kier alpha value is -1.07. The molecule has 17 heavy (non-hydrogen) atoms. The van der Waals surface area contributed by atoms with Crippen molar-refractivity contribution in [3.63, 3.8) is 0 Å². The van der Waals surface area contributed by atoms with Gasteiger partial charge in [-0.15, -0.1) is 0 Å². The number of rotatable bonds is 5. The van der Waals surface area contributed by atoms with Crippen molar-refractivity contribution >= 4 is 0 Å². The van der Waals surface area contributed by atoms with E-state index < -0.39 is 11.7 Å². The predicted octanol–water partition coefficient (Wildman–Crippen LogP) is 2.83. The van der Waals surface area contributed by atoms with Crippen LogP contribution in [0.1, 0.15) is 18.1 Å². The Labute approximate surface area is 98.8 Å². The minimum atomic E-state index is -4.30. The van der Waals surface area contributed by atoms with Crippen molar-refractivity contribution in [2.24, 2.45) is 0 Å². The second-order valence-corrected chi connectivity index (χ2v) is 3.89. The van der Waals surface area contributed by atoms with Gasteiger partial charge in [-0.25, -0.2) is 0 Å². The SMILES string of the molecule is COC[C@@H](C)NCc1ccccc1C(F)(F)F. The van der Waals surface area contributed by atoms with Gasteiger partial charge in [-0.1, -0.05) is 18.2 Å². The molecule has 1 aromatic rings. The van der Waals surface area contributed by atoms with E-state index in [4.69, 9.17) is 4.74 Å². The van der Waals surface area contributed by atoms with Gasteiger partial charge in [0.1, 0.15) is 0 Å². The van der Waals surface area contributed by atoms with E-state index >= 15 is 0 Å². The molecule has 1 N–H and O–H groups in total. The number of ether oxygens (including phenoxy) is 1. The summed E-state index contributed by atoms with van der Waals surface area (Å²) in [5.74, 6) is 0. The summed E-state index contributed by atoms with van der Waals surface area (Å²) in [6, 6.07) is 5.59. The maximum Gasteiger partial charge on any atom is 0.416 e. The Bertz CT molecular complexity index is 352. The second kappa shape index (κ2) is 6.02. The Morgan fingerprint density at radius 3 is 2.53 bits per heavy atom. The third kappa shape index (κ3) is 4.36. The van der Waals surface area contributed by atoms with Gasteiger partial charge in [0.15, 0.2) is 0 Å². The lowest BCUT2D eigenvalue weighted by molar-refractivity contribution is -0.138. The molecular weight excluding hydrogens is 231 g/mol. The predicted molar refractivity (Wildman–Crippen MR) is 59.6 cm³/mol. The molecule has 5 heteroatoms. The van der Waals surface area contributed by atoms with Gasteiger partial charge >= 0.3 is 6.18 Å². The smallest absolute Gasteiger partial charge is 0.383 e. The van der Waals surface area contributed by atoms with Crippen molar-refractivity contribution in [3.8, 4) is 0 Å². The highest BCUT2D eigenvalue weighted by atomic mass is 19.4. The zero-order valence-corrected chi connectivity index (χ0v) is 9.84. The average Bonchev–Trinajstić information content (AvgIpc) is 2.26. The van der Waals surface area contributed by atoms with Crippen LogP contribution in [0.4, 0.5) is 13.2 Å². The van der Waals surface area contributed by atoms with Crippen LogP contribution in [-0.2, 0) is 17.5 Å². The van der Waals surface area contributed by atoms with Crippen LogP contribution in [0.3, 0.4) is 0 Å². The van der Waals surface area contributed by atoms with E-state index in [1.165, 1.54) is 12.1 Å². The van der Waals surface area contributed by atoms with E-state index in [1.807, 2.05) is 6.92 Å². The molecule has 96 valence electrons. The summed E-state index contributed by atoms with van der Waals surface area (Å²) in [5.41, 5.74) is -0.333. The molecule has 0 fully saturated rings. The highest BCUT2D eigenvalue weighted by Crippen LogP contribution is 2.31. The van der Waals surface area contributed by atoms with E-state index in [9.17, 15) is 13.2 Å². The molecule has 0 radical (unpaired) electrons. The fourth-order valence-electron chi connectivity index (χ4n) is 1.54. The Kier molecular flexibility index (Phi) is 4.96. The van der Waals surface area contributed by atoms with E-state index in [2.05, 4.69) is 5.32 Å². The van der Waals surface area contributed by atoms with Crippen molar-refractivity contribution < 1.29 is 17.9 Å². The summed E-state index contributed by atoms with van der Waals surface area (Å²) in [7, 11) is 1.56. The van der Waals surface area contributed by atoms with Crippen LogP contribution in [0, 0.1) is 0 Å². The lowest BCUT2D eigenvalue weighted by atomic mass is 10.1. The Morgan fingerprint density at radius 1 is 1.29 bits per heavy atom. The molecule has 0 aromatic heterocycles. The second-order valence-electron chi connectivity index (χ2n) is 3.89. The number of hydrogen-bond acceptors (Lipinski definition) is 2. The topological polar surface area (TPSA) is 21.3 Å². The van der Waals surface area contributed by atoms with Gasteiger partial charge in [0, 0.05) is 19.7 Å². The summed E-state index contributed by atoms with van der Waals surface area (Å²) >= 11 is 0. The van der Waals surface area contributed by atoms with Crippen LogP contribution < -0.4 is 5.32 Å². The molecule has 1 rings (SSSR count). The van der Waals surface area contributed by atoms with Gasteiger partial charge < -0.3 is 10.1 Å². The monoisotopic (exact) mass is 247 g/mol. The molecule has 0 amide bonds. The molecule has 0 saturated carbocycles. The third-order valence-corrected chi connectivity index (χ3v) is 2.38.